The van der Waals surface area contributed by atoms with Gasteiger partial charge in [-0.15, -0.1) is 0 Å². The summed E-state index contributed by atoms with van der Waals surface area (Å²) in [6, 6.07) is 5.82. The molecular formula is C15H23BrN4O. The summed E-state index contributed by atoms with van der Waals surface area (Å²) in [6.45, 7) is 3.30. The smallest absolute Gasteiger partial charge is 0.170 e. The summed E-state index contributed by atoms with van der Waals surface area (Å²) in [5, 5.41) is 11.8. The van der Waals surface area contributed by atoms with Crippen molar-refractivity contribution in [3.05, 3.63) is 28.2 Å². The van der Waals surface area contributed by atoms with Gasteiger partial charge in [-0.1, -0.05) is 5.16 Å². The molecule has 0 atom stereocenters. The van der Waals surface area contributed by atoms with Crippen LogP contribution in [-0.2, 0) is 0 Å². The van der Waals surface area contributed by atoms with Gasteiger partial charge in [0.25, 0.3) is 0 Å². The molecule has 0 aromatic heterocycles. The van der Waals surface area contributed by atoms with Crippen molar-refractivity contribution in [2.24, 2.45) is 16.8 Å². The molecule has 0 saturated carbocycles. The standard InChI is InChI=1S/C15H23BrN4O/c1-19(2)10-11-5-7-20(8-6-11)14-4-3-12(9-13(14)16)15(17)18-21/h3-4,9,11,21H,5-8,10H2,1-2H3,(H2,17,18). The SMILES string of the molecule is CN(C)CC1CCN(c2ccc(/C(N)=N/O)cc2Br)CC1. The molecule has 3 N–H and O–H groups in total. The molecule has 0 amide bonds. The summed E-state index contributed by atoms with van der Waals surface area (Å²) in [5.41, 5.74) is 7.51. The van der Waals surface area contributed by atoms with Crippen molar-refractivity contribution >= 4 is 27.5 Å². The van der Waals surface area contributed by atoms with Crippen molar-refractivity contribution in [1.29, 1.82) is 0 Å². The summed E-state index contributed by atoms with van der Waals surface area (Å²) in [6.07, 6.45) is 2.43. The second-order valence-electron chi connectivity index (χ2n) is 5.84. The molecule has 0 aliphatic carbocycles. The van der Waals surface area contributed by atoms with Gasteiger partial charge in [-0.25, -0.2) is 0 Å². The number of hydrogen-bond acceptors (Lipinski definition) is 4. The Morgan fingerprint density at radius 1 is 1.43 bits per heavy atom. The van der Waals surface area contributed by atoms with Gasteiger partial charge in [0.15, 0.2) is 5.84 Å². The zero-order valence-electron chi connectivity index (χ0n) is 12.6. The van der Waals surface area contributed by atoms with E-state index in [1.807, 2.05) is 18.2 Å². The molecular weight excluding hydrogens is 332 g/mol. The number of nitrogens with zero attached hydrogens (tertiary/aromatic N) is 3. The van der Waals surface area contributed by atoms with Gasteiger partial charge in [0.05, 0.1) is 5.69 Å². The number of oxime groups is 1. The maximum Gasteiger partial charge on any atom is 0.170 e. The van der Waals surface area contributed by atoms with Crippen molar-refractivity contribution in [1.82, 2.24) is 4.90 Å². The molecule has 2 rings (SSSR count). The number of nitrogens with two attached hydrogens (primary N) is 1. The van der Waals surface area contributed by atoms with Gasteiger partial charge in [0, 0.05) is 29.7 Å². The molecule has 116 valence electrons. The van der Waals surface area contributed by atoms with Crippen LogP contribution in [0.15, 0.2) is 27.8 Å². The molecule has 1 aromatic rings. The van der Waals surface area contributed by atoms with Crippen LogP contribution >= 0.6 is 15.9 Å². The van der Waals surface area contributed by atoms with Crippen LogP contribution in [0.1, 0.15) is 18.4 Å². The van der Waals surface area contributed by atoms with Crippen molar-refractivity contribution < 1.29 is 5.21 Å². The lowest BCUT2D eigenvalue weighted by molar-refractivity contribution is 0.285. The van der Waals surface area contributed by atoms with E-state index in [0.717, 1.165) is 35.6 Å². The molecule has 0 spiro atoms. The van der Waals surface area contributed by atoms with E-state index in [1.165, 1.54) is 18.5 Å². The van der Waals surface area contributed by atoms with Crippen LogP contribution in [0.4, 0.5) is 5.69 Å². The number of halogens is 1. The fourth-order valence-corrected chi connectivity index (χ4v) is 3.48. The maximum absolute atomic E-state index is 8.73. The number of rotatable bonds is 4. The van der Waals surface area contributed by atoms with Gasteiger partial charge >= 0.3 is 0 Å². The summed E-state index contributed by atoms with van der Waals surface area (Å²) < 4.78 is 0.984. The molecule has 6 heteroatoms. The first-order chi connectivity index (χ1) is 10.0. The molecule has 0 unspecified atom stereocenters. The zero-order chi connectivity index (χ0) is 15.4. The first-order valence-corrected chi connectivity index (χ1v) is 7.97. The van der Waals surface area contributed by atoms with E-state index < -0.39 is 0 Å². The Balaban J connectivity index is 2.04. The number of amidine groups is 1. The van der Waals surface area contributed by atoms with Gasteiger partial charge in [0.1, 0.15) is 0 Å². The van der Waals surface area contributed by atoms with E-state index in [1.54, 1.807) is 0 Å². The highest BCUT2D eigenvalue weighted by atomic mass is 79.9. The Morgan fingerprint density at radius 3 is 2.62 bits per heavy atom. The zero-order valence-corrected chi connectivity index (χ0v) is 14.2. The lowest BCUT2D eigenvalue weighted by Crippen LogP contribution is -2.37. The molecule has 0 bridgehead atoms. The Kier molecular flexibility index (Phi) is 5.47. The van der Waals surface area contributed by atoms with Crippen molar-refractivity contribution in [2.75, 3.05) is 38.6 Å². The molecule has 1 saturated heterocycles. The van der Waals surface area contributed by atoms with Crippen molar-refractivity contribution in [3.8, 4) is 0 Å². The summed E-state index contributed by atoms with van der Waals surface area (Å²) in [5.74, 6) is 0.915. The number of piperidine rings is 1. The second-order valence-corrected chi connectivity index (χ2v) is 6.70. The van der Waals surface area contributed by atoms with Gasteiger partial charge < -0.3 is 20.7 Å². The van der Waals surface area contributed by atoms with Gasteiger partial charge in [-0.05, 0) is 67.0 Å². The molecule has 1 fully saturated rings. The van der Waals surface area contributed by atoms with Crippen LogP contribution < -0.4 is 10.6 Å². The van der Waals surface area contributed by atoms with Gasteiger partial charge in [0.2, 0.25) is 0 Å². The highest BCUT2D eigenvalue weighted by Crippen LogP contribution is 2.31. The first-order valence-electron chi connectivity index (χ1n) is 7.18. The highest BCUT2D eigenvalue weighted by Gasteiger charge is 2.21. The van der Waals surface area contributed by atoms with Crippen molar-refractivity contribution in [3.63, 3.8) is 0 Å². The van der Waals surface area contributed by atoms with Crippen LogP contribution in [-0.4, -0.2) is 49.7 Å². The molecule has 0 radical (unpaired) electrons. The van der Waals surface area contributed by atoms with Crippen LogP contribution in [0.5, 0.6) is 0 Å². The summed E-state index contributed by atoms with van der Waals surface area (Å²) in [7, 11) is 4.27. The minimum atomic E-state index is 0.131. The predicted octanol–water partition coefficient (Wildman–Crippen LogP) is 2.32. The highest BCUT2D eigenvalue weighted by molar-refractivity contribution is 9.10. The van der Waals surface area contributed by atoms with Crippen molar-refractivity contribution in [2.45, 2.75) is 12.8 Å². The Labute approximate surface area is 134 Å². The predicted molar refractivity (Wildman–Crippen MR) is 90.1 cm³/mol. The van der Waals surface area contributed by atoms with Gasteiger partial charge in [-0.3, -0.25) is 0 Å². The fourth-order valence-electron chi connectivity index (χ4n) is 2.85. The van der Waals surface area contributed by atoms with E-state index in [-0.39, 0.29) is 5.84 Å². The first kappa shape index (κ1) is 16.1. The lowest BCUT2D eigenvalue weighted by Gasteiger charge is -2.35. The third-order valence-electron chi connectivity index (χ3n) is 3.93. The van der Waals surface area contributed by atoms with E-state index in [2.05, 4.69) is 45.0 Å². The quantitative estimate of drug-likeness (QED) is 0.377. The maximum atomic E-state index is 8.73. The average Bonchev–Trinajstić information content (AvgIpc) is 2.47. The lowest BCUT2D eigenvalue weighted by atomic mass is 9.96. The Hall–Kier alpha value is -1.27. The van der Waals surface area contributed by atoms with Crippen LogP contribution in [0.3, 0.4) is 0 Å². The molecule has 21 heavy (non-hydrogen) atoms. The third-order valence-corrected chi connectivity index (χ3v) is 4.56. The van der Waals surface area contributed by atoms with Crippen LogP contribution in [0, 0.1) is 5.92 Å². The largest absolute Gasteiger partial charge is 0.409 e. The second kappa shape index (κ2) is 7.13. The van der Waals surface area contributed by atoms with E-state index in [9.17, 15) is 0 Å². The molecule has 1 heterocycles. The Morgan fingerprint density at radius 2 is 2.10 bits per heavy atom. The van der Waals surface area contributed by atoms with E-state index in [4.69, 9.17) is 10.9 Å². The number of benzene rings is 1. The minimum Gasteiger partial charge on any atom is -0.409 e. The molecule has 5 nitrogen and oxygen atoms in total. The van der Waals surface area contributed by atoms with E-state index in [0.29, 0.717) is 0 Å². The fraction of sp³-hybridized carbons (Fsp3) is 0.533. The van der Waals surface area contributed by atoms with E-state index >= 15 is 0 Å². The number of hydrogen-bond donors (Lipinski definition) is 2. The van der Waals surface area contributed by atoms with Crippen LogP contribution in [0.25, 0.3) is 0 Å². The average molecular weight is 355 g/mol. The van der Waals surface area contributed by atoms with Crippen LogP contribution in [0.2, 0.25) is 0 Å². The number of anilines is 1. The summed E-state index contributed by atoms with van der Waals surface area (Å²) in [4.78, 5) is 4.66. The molecule has 1 aromatic carbocycles. The summed E-state index contributed by atoms with van der Waals surface area (Å²) >= 11 is 3.59. The molecule has 1 aliphatic rings. The van der Waals surface area contributed by atoms with Gasteiger partial charge in [-0.2, -0.15) is 0 Å². The normalized spacial score (nSPS) is 17.5. The monoisotopic (exact) mass is 354 g/mol. The Bertz CT molecular complexity index is 510. The third kappa shape index (κ3) is 4.11. The molecule has 1 aliphatic heterocycles. The topological polar surface area (TPSA) is 65.1 Å². The minimum absolute atomic E-state index is 0.131.